The topological polar surface area (TPSA) is 119 Å². The molecule has 0 aliphatic heterocycles. The molecule has 4 aliphatic rings. The van der Waals surface area contributed by atoms with Crippen molar-refractivity contribution in [3.8, 4) is 0 Å². The largest absolute Gasteiger partial charge is 0.444 e. The minimum Gasteiger partial charge on any atom is -0.444 e. The number of nitrogens with two attached hydrogens (primary N) is 1. The van der Waals surface area contributed by atoms with E-state index >= 15 is 0 Å². The molecule has 4 saturated carbocycles. The van der Waals surface area contributed by atoms with Crippen LogP contribution in [0.25, 0.3) is 11.0 Å². The number of aromatic nitrogens is 2. The van der Waals surface area contributed by atoms with Crippen molar-refractivity contribution in [2.24, 2.45) is 23.5 Å². The van der Waals surface area contributed by atoms with E-state index in [0.717, 1.165) is 50.3 Å². The Morgan fingerprint density at radius 1 is 1.14 bits per heavy atom. The smallest absolute Gasteiger partial charge is 0.307 e. The number of amides is 1. The van der Waals surface area contributed by atoms with Gasteiger partial charge in [-0.15, -0.1) is 0 Å². The Morgan fingerprint density at radius 3 is 2.51 bits per heavy atom. The average Bonchev–Trinajstić information content (AvgIpc) is 3.26. The summed E-state index contributed by atoms with van der Waals surface area (Å²) in [5, 5.41) is 15.5. The van der Waals surface area contributed by atoms with Gasteiger partial charge in [-0.3, -0.25) is 14.2 Å². The van der Waals surface area contributed by atoms with Crippen LogP contribution in [0.5, 0.6) is 0 Å². The lowest BCUT2D eigenvalue weighted by Gasteiger charge is -2.58. The van der Waals surface area contributed by atoms with E-state index < -0.39 is 11.5 Å². The first-order valence-electron chi connectivity index (χ1n) is 14.3. The maximum atomic E-state index is 12.3. The minimum absolute atomic E-state index is 0.0879. The summed E-state index contributed by atoms with van der Waals surface area (Å²) in [7, 11) is 0. The molecule has 4 N–H and O–H groups in total. The van der Waals surface area contributed by atoms with E-state index in [4.69, 9.17) is 10.5 Å². The molecule has 2 unspecified atom stereocenters. The molecule has 0 saturated heterocycles. The molecule has 202 valence electrons. The molecule has 6 rings (SSSR count). The van der Waals surface area contributed by atoms with Gasteiger partial charge < -0.3 is 20.9 Å². The van der Waals surface area contributed by atoms with Crippen LogP contribution in [0.1, 0.15) is 101 Å². The van der Waals surface area contributed by atoms with Crippen molar-refractivity contribution in [1.82, 2.24) is 9.55 Å². The molecule has 2 atom stereocenters. The van der Waals surface area contributed by atoms with Crippen LogP contribution in [0.2, 0.25) is 0 Å². The average molecular weight is 511 g/mol. The van der Waals surface area contributed by atoms with Crippen molar-refractivity contribution in [3.63, 3.8) is 0 Å². The number of fused-ring (bicyclic) bond motifs is 1. The number of nitrogens with one attached hydrogen (secondary N) is 1. The Labute approximate surface area is 219 Å². The Hall–Kier alpha value is -2.61. The van der Waals surface area contributed by atoms with Gasteiger partial charge in [0, 0.05) is 30.2 Å². The lowest BCUT2D eigenvalue weighted by Crippen LogP contribution is -2.59. The van der Waals surface area contributed by atoms with Gasteiger partial charge in [-0.1, -0.05) is 45.4 Å². The second-order valence-electron chi connectivity index (χ2n) is 11.8. The van der Waals surface area contributed by atoms with Crippen LogP contribution in [-0.2, 0) is 16.3 Å². The van der Waals surface area contributed by atoms with Crippen molar-refractivity contribution >= 4 is 28.6 Å². The number of rotatable bonds is 13. The van der Waals surface area contributed by atoms with E-state index in [1.165, 1.54) is 38.3 Å². The number of pyridine rings is 1. The van der Waals surface area contributed by atoms with Crippen LogP contribution in [-0.4, -0.2) is 38.2 Å². The number of primary amides is 1. The number of nitrogens with zero attached hydrogens (tertiary/aromatic N) is 2. The molecule has 0 aromatic carbocycles. The number of esters is 1. The van der Waals surface area contributed by atoms with E-state index in [2.05, 4.69) is 17.2 Å². The van der Waals surface area contributed by atoms with Crippen molar-refractivity contribution in [2.45, 2.75) is 109 Å². The molecule has 2 aromatic heterocycles. The van der Waals surface area contributed by atoms with E-state index in [1.807, 2.05) is 12.3 Å². The van der Waals surface area contributed by atoms with Gasteiger partial charge in [-0.05, 0) is 62.3 Å². The van der Waals surface area contributed by atoms with Crippen LogP contribution in [0, 0.1) is 17.8 Å². The summed E-state index contributed by atoms with van der Waals surface area (Å²) in [4.78, 5) is 29.1. The summed E-state index contributed by atoms with van der Waals surface area (Å²) in [6.07, 6.45) is 16.7. The molecule has 0 spiro atoms. The highest BCUT2D eigenvalue weighted by Gasteiger charge is 2.54. The number of anilines is 1. The third-order valence-corrected chi connectivity index (χ3v) is 8.96. The van der Waals surface area contributed by atoms with Gasteiger partial charge in [-0.2, -0.15) is 0 Å². The minimum atomic E-state index is -0.520. The van der Waals surface area contributed by atoms with E-state index in [9.17, 15) is 14.7 Å². The summed E-state index contributed by atoms with van der Waals surface area (Å²) >= 11 is 0. The third kappa shape index (κ3) is 5.64. The zero-order valence-electron chi connectivity index (χ0n) is 22.1. The quantitative estimate of drug-likeness (QED) is 0.254. The van der Waals surface area contributed by atoms with Gasteiger partial charge in [-0.25, -0.2) is 4.98 Å². The number of carbonyl (C=O) groups excluding carboxylic acids is 2. The molecule has 8 nitrogen and oxygen atoms in total. The van der Waals surface area contributed by atoms with Gasteiger partial charge in [0.25, 0.3) is 5.91 Å². The molecule has 0 radical (unpaired) electrons. The molecule has 4 bridgehead atoms. The lowest BCUT2D eigenvalue weighted by atomic mass is 9.52. The first-order valence-corrected chi connectivity index (χ1v) is 14.3. The standard InChI is InChI=1S/C29H42N4O4/c1-2-3-4-5-6-7-8-9-24(34)37-18-33-11-10-22-26(23(27(30)35)17-31-28(22)33)32-25-20-12-19-13-21(25)16-29(36,14-19)15-20/h10-11,17,19-21,25,36H,2-9,12-16,18H2,1H3,(H2,30,35)(H,31,32). The van der Waals surface area contributed by atoms with E-state index in [-0.39, 0.29) is 18.7 Å². The summed E-state index contributed by atoms with van der Waals surface area (Å²) in [6, 6.07) is 2.11. The van der Waals surface area contributed by atoms with Gasteiger partial charge >= 0.3 is 5.97 Å². The number of aliphatic hydroxyl groups is 1. The SMILES string of the molecule is CCCCCCCCCC(=O)OCn1ccc2c(NC3C4CC5CC3CC(O)(C5)C4)c(C(N)=O)cnc21. The Morgan fingerprint density at radius 2 is 1.84 bits per heavy atom. The van der Waals surface area contributed by atoms with Crippen molar-refractivity contribution in [1.29, 1.82) is 0 Å². The van der Waals surface area contributed by atoms with Gasteiger partial charge in [0.2, 0.25) is 0 Å². The van der Waals surface area contributed by atoms with Crippen molar-refractivity contribution in [3.05, 3.63) is 24.0 Å². The molecule has 4 fully saturated rings. The van der Waals surface area contributed by atoms with Crippen molar-refractivity contribution < 1.29 is 19.4 Å². The number of hydrogen-bond donors (Lipinski definition) is 3. The molecule has 4 aliphatic carbocycles. The highest BCUT2D eigenvalue weighted by atomic mass is 16.5. The van der Waals surface area contributed by atoms with Gasteiger partial charge in [0.1, 0.15) is 5.65 Å². The van der Waals surface area contributed by atoms with Gasteiger partial charge in [0.15, 0.2) is 6.73 Å². The fourth-order valence-electron chi connectivity index (χ4n) is 7.41. The molecule has 8 heteroatoms. The Bertz CT molecular complexity index is 1110. The number of ether oxygens (including phenoxy) is 1. The molecule has 2 aromatic rings. The summed E-state index contributed by atoms with van der Waals surface area (Å²) in [5.41, 5.74) is 6.95. The fourth-order valence-corrected chi connectivity index (χ4v) is 7.41. The summed E-state index contributed by atoms with van der Waals surface area (Å²) in [6.45, 7) is 2.30. The van der Waals surface area contributed by atoms with E-state index in [0.29, 0.717) is 41.1 Å². The van der Waals surface area contributed by atoms with Crippen molar-refractivity contribution in [2.75, 3.05) is 5.32 Å². The van der Waals surface area contributed by atoms with Crippen LogP contribution >= 0.6 is 0 Å². The van der Waals surface area contributed by atoms with Crippen LogP contribution in [0.4, 0.5) is 5.69 Å². The zero-order valence-corrected chi connectivity index (χ0v) is 22.1. The van der Waals surface area contributed by atoms with Crippen LogP contribution < -0.4 is 11.1 Å². The summed E-state index contributed by atoms with van der Waals surface area (Å²) < 4.78 is 7.34. The second-order valence-corrected chi connectivity index (χ2v) is 11.8. The van der Waals surface area contributed by atoms with Crippen LogP contribution in [0.3, 0.4) is 0 Å². The molecule has 1 amide bonds. The van der Waals surface area contributed by atoms with E-state index in [1.54, 1.807) is 4.57 Å². The lowest BCUT2D eigenvalue weighted by molar-refractivity contribution is -0.147. The van der Waals surface area contributed by atoms with Gasteiger partial charge in [0.05, 0.1) is 16.9 Å². The molecular formula is C29H42N4O4. The zero-order chi connectivity index (χ0) is 26.0. The second kappa shape index (κ2) is 11.0. The summed E-state index contributed by atoms with van der Waals surface area (Å²) in [5.74, 6) is 0.650. The maximum Gasteiger partial charge on any atom is 0.307 e. The Kier molecular flexibility index (Phi) is 7.75. The third-order valence-electron chi connectivity index (χ3n) is 8.96. The number of hydrogen-bond acceptors (Lipinski definition) is 6. The maximum absolute atomic E-state index is 12.3. The predicted molar refractivity (Wildman–Crippen MR) is 143 cm³/mol. The molecular weight excluding hydrogens is 468 g/mol. The fraction of sp³-hybridized carbons (Fsp3) is 0.690. The number of carbonyl (C=O) groups is 2. The highest BCUT2D eigenvalue weighted by Crippen LogP contribution is 2.56. The monoisotopic (exact) mass is 510 g/mol. The molecule has 37 heavy (non-hydrogen) atoms. The normalized spacial score (nSPS) is 28.1. The highest BCUT2D eigenvalue weighted by molar-refractivity contribution is 6.06. The first kappa shape index (κ1) is 26.0. The Balaban J connectivity index is 1.23. The molecule has 2 heterocycles. The predicted octanol–water partition coefficient (Wildman–Crippen LogP) is 5.13. The van der Waals surface area contributed by atoms with Crippen LogP contribution in [0.15, 0.2) is 18.5 Å². The first-order chi connectivity index (χ1) is 17.9. The number of unbranched alkanes of at least 4 members (excludes halogenated alkanes) is 6.